The summed E-state index contributed by atoms with van der Waals surface area (Å²) in [7, 11) is 1.78. The number of nitrogens with zero attached hydrogens (tertiary/aromatic N) is 2. The Morgan fingerprint density at radius 2 is 1.93 bits per heavy atom. The van der Waals surface area contributed by atoms with E-state index in [0.717, 1.165) is 11.3 Å². The van der Waals surface area contributed by atoms with Crippen LogP contribution < -0.4 is 10.1 Å². The number of imidazole rings is 1. The van der Waals surface area contributed by atoms with E-state index in [-0.39, 0.29) is 11.7 Å². The molecule has 3 aromatic rings. The summed E-state index contributed by atoms with van der Waals surface area (Å²) in [6, 6.07) is 14.6. The fourth-order valence-corrected chi connectivity index (χ4v) is 2.77. The summed E-state index contributed by atoms with van der Waals surface area (Å²) in [5, 5.41) is 2.84. The molecule has 2 aromatic carbocycles. The number of benzene rings is 2. The first-order chi connectivity index (χ1) is 13.5. The Labute approximate surface area is 164 Å². The molecule has 3 rings (SSSR count). The highest BCUT2D eigenvalue weighted by atomic mass is 16.5. The van der Waals surface area contributed by atoms with Crippen molar-refractivity contribution in [2.45, 2.75) is 19.8 Å². The second-order valence-corrected chi connectivity index (χ2v) is 6.58. The number of nitrogens with one attached hydrogen (secondary N) is 1. The molecule has 0 aliphatic rings. The average Bonchev–Trinajstić information content (AvgIpc) is 3.11. The van der Waals surface area contributed by atoms with Gasteiger partial charge in [-0.2, -0.15) is 0 Å². The van der Waals surface area contributed by atoms with Crippen LogP contribution >= 0.6 is 0 Å². The lowest BCUT2D eigenvalue weighted by atomic mass is 10.1. The summed E-state index contributed by atoms with van der Waals surface area (Å²) in [6.07, 6.45) is 4.30. The van der Waals surface area contributed by atoms with Crippen molar-refractivity contribution in [3.63, 3.8) is 0 Å². The second kappa shape index (κ2) is 8.99. The maximum absolute atomic E-state index is 12.4. The van der Waals surface area contributed by atoms with Gasteiger partial charge < -0.3 is 14.6 Å². The highest BCUT2D eigenvalue weighted by Gasteiger charge is 2.13. The molecule has 0 fully saturated rings. The lowest BCUT2D eigenvalue weighted by Crippen LogP contribution is -2.13. The van der Waals surface area contributed by atoms with Crippen molar-refractivity contribution in [2.24, 2.45) is 7.05 Å². The first kappa shape index (κ1) is 19.4. The van der Waals surface area contributed by atoms with Crippen LogP contribution in [0.1, 0.15) is 34.6 Å². The van der Waals surface area contributed by atoms with Crippen LogP contribution in [0.4, 0.5) is 5.69 Å². The molecule has 6 nitrogen and oxygen atoms in total. The van der Waals surface area contributed by atoms with Crippen LogP contribution in [-0.2, 0) is 11.8 Å². The Bertz CT molecular complexity index is 961. The topological polar surface area (TPSA) is 73.2 Å². The minimum Gasteiger partial charge on any atom is -0.494 e. The first-order valence-corrected chi connectivity index (χ1v) is 9.14. The van der Waals surface area contributed by atoms with Crippen LogP contribution in [-0.4, -0.2) is 27.8 Å². The molecule has 0 bridgehead atoms. The fourth-order valence-electron chi connectivity index (χ4n) is 2.77. The van der Waals surface area contributed by atoms with Crippen molar-refractivity contribution >= 4 is 17.4 Å². The summed E-state index contributed by atoms with van der Waals surface area (Å²) in [4.78, 5) is 28.5. The Balaban J connectivity index is 1.45. The molecule has 28 heavy (non-hydrogen) atoms. The van der Waals surface area contributed by atoms with Crippen LogP contribution in [0.3, 0.4) is 0 Å². The molecule has 1 amide bonds. The summed E-state index contributed by atoms with van der Waals surface area (Å²) >= 11 is 0. The minimum atomic E-state index is -0.154. The number of carbonyl (C=O) groups excluding carboxylic acids is 2. The van der Waals surface area contributed by atoms with E-state index in [0.29, 0.717) is 36.5 Å². The van der Waals surface area contributed by atoms with Gasteiger partial charge in [-0.3, -0.25) is 9.59 Å². The van der Waals surface area contributed by atoms with Gasteiger partial charge in [0.25, 0.3) is 0 Å². The molecule has 1 heterocycles. The Morgan fingerprint density at radius 3 is 2.61 bits per heavy atom. The number of anilines is 1. The number of aromatic nitrogens is 2. The van der Waals surface area contributed by atoms with Gasteiger partial charge in [-0.15, -0.1) is 0 Å². The van der Waals surface area contributed by atoms with Gasteiger partial charge in [-0.1, -0.05) is 12.1 Å². The highest BCUT2D eigenvalue weighted by Crippen LogP contribution is 2.15. The van der Waals surface area contributed by atoms with E-state index >= 15 is 0 Å². The maximum atomic E-state index is 12.4. The van der Waals surface area contributed by atoms with Gasteiger partial charge in [-0.25, -0.2) is 4.98 Å². The number of rotatable bonds is 8. The standard InChI is InChI=1S/C22H23N3O3/c1-16-5-3-6-19(15-16)28-14-4-7-20(26)24-18-10-8-17(9-11-18)21(27)22-23-12-13-25(22)2/h3,5-6,8-13,15H,4,7,14H2,1-2H3,(H,24,26). The van der Waals surface area contributed by atoms with E-state index in [1.807, 2.05) is 31.2 Å². The second-order valence-electron chi connectivity index (χ2n) is 6.58. The predicted molar refractivity (Wildman–Crippen MR) is 108 cm³/mol. The number of ether oxygens (including phenoxy) is 1. The number of ketones is 1. The third-order valence-electron chi connectivity index (χ3n) is 4.26. The lowest BCUT2D eigenvalue weighted by molar-refractivity contribution is -0.116. The zero-order valence-electron chi connectivity index (χ0n) is 16.0. The van der Waals surface area contributed by atoms with Crippen molar-refractivity contribution in [3.8, 4) is 5.75 Å². The van der Waals surface area contributed by atoms with Crippen molar-refractivity contribution in [1.29, 1.82) is 0 Å². The summed E-state index contributed by atoms with van der Waals surface area (Å²) in [6.45, 7) is 2.49. The highest BCUT2D eigenvalue weighted by molar-refractivity contribution is 6.07. The van der Waals surface area contributed by atoms with Crippen molar-refractivity contribution < 1.29 is 14.3 Å². The zero-order chi connectivity index (χ0) is 19.9. The van der Waals surface area contributed by atoms with E-state index in [4.69, 9.17) is 4.74 Å². The molecule has 0 spiro atoms. The molecule has 0 saturated heterocycles. The van der Waals surface area contributed by atoms with Crippen LogP contribution in [0.2, 0.25) is 0 Å². The Hall–Kier alpha value is -3.41. The largest absolute Gasteiger partial charge is 0.494 e. The van der Waals surface area contributed by atoms with Gasteiger partial charge in [-0.05, 0) is 55.3 Å². The van der Waals surface area contributed by atoms with Crippen molar-refractivity contribution in [3.05, 3.63) is 77.9 Å². The molecule has 1 N–H and O–H groups in total. The lowest BCUT2D eigenvalue weighted by Gasteiger charge is -2.08. The smallest absolute Gasteiger partial charge is 0.228 e. The third kappa shape index (κ3) is 5.07. The molecule has 0 unspecified atom stereocenters. The van der Waals surface area contributed by atoms with Gasteiger partial charge in [0, 0.05) is 37.1 Å². The van der Waals surface area contributed by atoms with Gasteiger partial charge >= 0.3 is 0 Å². The molecule has 1 aromatic heterocycles. The molecule has 0 aliphatic heterocycles. The monoisotopic (exact) mass is 377 g/mol. The first-order valence-electron chi connectivity index (χ1n) is 9.14. The Kier molecular flexibility index (Phi) is 6.22. The average molecular weight is 377 g/mol. The van der Waals surface area contributed by atoms with E-state index in [2.05, 4.69) is 10.3 Å². The summed E-state index contributed by atoms with van der Waals surface area (Å²) < 4.78 is 7.33. The normalized spacial score (nSPS) is 10.5. The van der Waals surface area contributed by atoms with Crippen LogP contribution in [0.25, 0.3) is 0 Å². The quantitative estimate of drug-likeness (QED) is 0.479. The number of amides is 1. The van der Waals surface area contributed by atoms with Gasteiger partial charge in [0.1, 0.15) is 5.75 Å². The van der Waals surface area contributed by atoms with E-state index < -0.39 is 0 Å². The summed E-state index contributed by atoms with van der Waals surface area (Å²) in [5.41, 5.74) is 2.32. The van der Waals surface area contributed by atoms with E-state index in [1.54, 1.807) is 48.3 Å². The van der Waals surface area contributed by atoms with E-state index in [9.17, 15) is 9.59 Å². The fraction of sp³-hybridized carbons (Fsp3) is 0.227. The molecular weight excluding hydrogens is 354 g/mol. The van der Waals surface area contributed by atoms with Crippen LogP contribution in [0.5, 0.6) is 5.75 Å². The van der Waals surface area contributed by atoms with E-state index in [1.165, 1.54) is 0 Å². The third-order valence-corrected chi connectivity index (χ3v) is 4.26. The Morgan fingerprint density at radius 1 is 1.14 bits per heavy atom. The number of hydrogen-bond donors (Lipinski definition) is 1. The molecule has 6 heteroatoms. The molecule has 0 atom stereocenters. The number of aryl methyl sites for hydroxylation is 2. The zero-order valence-corrected chi connectivity index (χ0v) is 16.0. The van der Waals surface area contributed by atoms with Gasteiger partial charge in [0.15, 0.2) is 5.82 Å². The molecule has 144 valence electrons. The van der Waals surface area contributed by atoms with Crippen LogP contribution in [0, 0.1) is 6.92 Å². The van der Waals surface area contributed by atoms with Crippen molar-refractivity contribution in [1.82, 2.24) is 9.55 Å². The number of carbonyl (C=O) groups is 2. The predicted octanol–water partition coefficient (Wildman–Crippen LogP) is 3.76. The van der Waals surface area contributed by atoms with Gasteiger partial charge in [0.2, 0.25) is 11.7 Å². The molecule has 0 radical (unpaired) electrons. The maximum Gasteiger partial charge on any atom is 0.228 e. The van der Waals surface area contributed by atoms with Crippen molar-refractivity contribution in [2.75, 3.05) is 11.9 Å². The molecule has 0 aliphatic carbocycles. The SMILES string of the molecule is Cc1cccc(OCCCC(=O)Nc2ccc(C(=O)c3nccn3C)cc2)c1. The van der Waals surface area contributed by atoms with Crippen LogP contribution in [0.15, 0.2) is 60.9 Å². The summed E-state index contributed by atoms with van der Waals surface area (Å²) in [5.74, 6) is 0.952. The molecular formula is C22H23N3O3. The van der Waals surface area contributed by atoms with Gasteiger partial charge in [0.05, 0.1) is 6.61 Å². The number of hydrogen-bond acceptors (Lipinski definition) is 4. The molecule has 0 saturated carbocycles. The minimum absolute atomic E-state index is 0.0870.